The van der Waals surface area contributed by atoms with E-state index in [0.29, 0.717) is 118 Å². The van der Waals surface area contributed by atoms with Gasteiger partial charge >= 0.3 is 0 Å². The molecule has 12 heterocycles. The van der Waals surface area contributed by atoms with Crippen molar-refractivity contribution in [2.24, 2.45) is 0 Å². The second-order valence-electron chi connectivity index (χ2n) is 30.5. The van der Waals surface area contributed by atoms with Crippen LogP contribution in [0.2, 0.25) is 15.1 Å². The van der Waals surface area contributed by atoms with Gasteiger partial charge in [0.05, 0.1) is 77.3 Å². The molecule has 0 radical (unpaired) electrons. The molecule has 38 heteroatoms. The molecule has 6 aromatic heterocycles. The minimum atomic E-state index is -3.33. The molecular weight excluding hydrogens is 1600 g/mol. The van der Waals surface area contributed by atoms with Crippen molar-refractivity contribution in [1.29, 1.82) is 0 Å². The second-order valence-corrected chi connectivity index (χ2v) is 39.7. The minimum absolute atomic E-state index is 0.253. The van der Waals surface area contributed by atoms with Crippen LogP contribution in [0.25, 0.3) is 66.0 Å². The number of carbonyl (C=O) groups is 1. The summed E-state index contributed by atoms with van der Waals surface area (Å²) in [6, 6.07) is 20.0. The Morgan fingerprint density at radius 2 is 0.956 bits per heavy atom. The Morgan fingerprint density at radius 1 is 0.518 bits per heavy atom. The Morgan fingerprint density at radius 3 is 1.39 bits per heavy atom. The maximum absolute atomic E-state index is 12.2. The molecule has 114 heavy (non-hydrogen) atoms. The van der Waals surface area contributed by atoms with E-state index in [-0.39, 0.29) is 5.91 Å². The number of nitrogens with one attached hydrogen (secondary N) is 6. The number of piperidine rings is 3. The van der Waals surface area contributed by atoms with Crippen molar-refractivity contribution in [3.8, 4) is 11.5 Å². The van der Waals surface area contributed by atoms with Crippen LogP contribution in [0.1, 0.15) is 124 Å². The van der Waals surface area contributed by atoms with E-state index >= 15 is 0 Å². The van der Waals surface area contributed by atoms with Crippen molar-refractivity contribution >= 4 is 147 Å². The molecule has 0 bridgehead atoms. The SMILES string of the molecule is CC1(C)CN(c2cc(-c3ncco3)cc3[nH]ncc23)CCN1S(C)(=O)=O.CCC(=O)N1CCC(c2cc(Cl)cc3[nH]ncc23)CC1.CN(C)S(=O)(=O)N1CCC(c2cc(Cl)cc3[nH]ncc23)CC1.CNS(=O)(=O)N1CCC(c2cc(Cl)cc3[nH]ncc23)CC1.CS(=O)(=O)N1CCN(c2cc(C3CCOCC3)cc3[nH]ncc23)CC1. The van der Waals surface area contributed by atoms with Gasteiger partial charge in [0.1, 0.15) is 6.26 Å². The number of oxazole rings is 1. The van der Waals surface area contributed by atoms with Crippen molar-refractivity contribution in [1.82, 2.24) is 87.1 Å². The predicted octanol–water partition coefficient (Wildman–Crippen LogP) is 11.0. The summed E-state index contributed by atoms with van der Waals surface area (Å²) in [4.78, 5) is 22.4. The van der Waals surface area contributed by atoms with E-state index in [9.17, 15) is 38.5 Å². The van der Waals surface area contributed by atoms with Gasteiger partial charge in [0.25, 0.3) is 20.4 Å². The summed E-state index contributed by atoms with van der Waals surface area (Å²) in [7, 11) is -8.45. The third-order valence-corrected chi connectivity index (χ3v) is 29.4. The van der Waals surface area contributed by atoms with Crippen LogP contribution < -0.4 is 14.5 Å². The highest BCUT2D eigenvalue weighted by Crippen LogP contribution is 2.41. The fourth-order valence-electron chi connectivity index (χ4n) is 16.6. The van der Waals surface area contributed by atoms with Crippen LogP contribution in [-0.2, 0) is 50.0 Å². The van der Waals surface area contributed by atoms with E-state index in [4.69, 9.17) is 44.0 Å². The number of amides is 1. The summed E-state index contributed by atoms with van der Waals surface area (Å²) >= 11 is 18.5. The number of halogens is 3. The number of carbonyl (C=O) groups excluding carboxylic acids is 1. The number of hydrogen-bond acceptors (Lipinski definition) is 19. The van der Waals surface area contributed by atoms with Gasteiger partial charge in [-0.3, -0.25) is 30.3 Å². The summed E-state index contributed by atoms with van der Waals surface area (Å²) in [5.74, 6) is 2.35. The van der Waals surface area contributed by atoms with Crippen LogP contribution in [0.15, 0.2) is 109 Å². The van der Waals surface area contributed by atoms with Gasteiger partial charge in [-0.1, -0.05) is 41.7 Å². The first kappa shape index (κ1) is 84.0. The summed E-state index contributed by atoms with van der Waals surface area (Å²) in [5.41, 5.74) is 12.1. The highest BCUT2D eigenvalue weighted by atomic mass is 35.5. The van der Waals surface area contributed by atoms with Crippen molar-refractivity contribution < 1.29 is 47.6 Å². The monoisotopic (exact) mass is 1700 g/mol. The second kappa shape index (κ2) is 35.5. The van der Waals surface area contributed by atoms with Crippen molar-refractivity contribution in [3.63, 3.8) is 0 Å². The molecule has 1 amide bonds. The third-order valence-electron chi connectivity index (χ3n) is 22.5. The number of piperazine rings is 2. The minimum Gasteiger partial charge on any atom is -0.445 e. The number of anilines is 2. The number of rotatable bonds is 14. The topological polar surface area (TPSA) is 370 Å². The van der Waals surface area contributed by atoms with E-state index in [1.54, 1.807) is 51.9 Å². The molecule has 0 saturated carbocycles. The standard InChI is InChI=1S/C17H21N5O3S.C17H24N4O3S.C15H18ClN3O.C14H19ClN4O2S.C13H17ClN4O2S/c1-17(2)11-21(5-6-22(17)26(3,23)24)15-9-12(16-18-4-7-25-16)8-14-13(15)10-19-20-14;1-25(22,23)21-6-4-20(5-7-21)17-11-14(13-2-8-24-9-3-13)10-16-15(17)12-18-19-16;1-2-15(20)19-5-3-10(4-6-19)12-7-11(16)8-14-13(12)9-17-18-14;1-18(2)22(20,21)19-5-3-10(4-6-19)12-7-11(15)8-14-13(12)9-16-17-14;1-15-21(19,20)18-4-2-9(3-5-18)11-6-10(14)7-13-12(11)8-16-17-13/h4,7-10H,5-6,11H2,1-3H3,(H,19,20);10-13H,2-9H2,1H3,(H,18,19);7-10H,2-6H2,1H3,(H,17,18);7-10H,3-6H2,1-2H3,(H,16,17);6-9,15H,2-5H2,1H3,(H,16,17). The van der Waals surface area contributed by atoms with Gasteiger partial charge in [0, 0.05) is 190 Å². The molecule has 17 rings (SSSR count). The number of likely N-dealkylation sites (tertiary alicyclic amines) is 1. The predicted molar refractivity (Wildman–Crippen MR) is 447 cm³/mol. The molecule has 5 aromatic carbocycles. The fourth-order valence-corrected chi connectivity index (χ4v) is 21.5. The Bertz CT molecular complexity index is 5650. The molecule has 6 N–H and O–H groups in total. The number of fused-ring (bicyclic) bond motifs is 5. The molecule has 0 unspecified atom stereocenters. The van der Waals surface area contributed by atoms with Gasteiger partial charge < -0.3 is 23.9 Å². The lowest BCUT2D eigenvalue weighted by molar-refractivity contribution is -0.131. The lowest BCUT2D eigenvalue weighted by Gasteiger charge is -2.46. The smallest absolute Gasteiger partial charge is 0.281 e. The van der Waals surface area contributed by atoms with Crippen LogP contribution in [0, 0.1) is 0 Å². The molecule has 11 aromatic rings. The third kappa shape index (κ3) is 19.2. The highest BCUT2D eigenvalue weighted by molar-refractivity contribution is 7.88. The fraction of sp³-hybridized carbons (Fsp3) is 0.487. The van der Waals surface area contributed by atoms with Gasteiger partial charge in [-0.25, -0.2) is 26.5 Å². The molecule has 6 aliphatic rings. The van der Waals surface area contributed by atoms with Gasteiger partial charge in [-0.05, 0) is 172 Å². The van der Waals surface area contributed by atoms with Crippen molar-refractivity contribution in [3.05, 3.63) is 141 Å². The van der Waals surface area contributed by atoms with Crippen LogP contribution in [-0.4, -0.2) is 259 Å². The Hall–Kier alpha value is -7.88. The Kier molecular flexibility index (Phi) is 26.2. The molecule has 614 valence electrons. The number of hydrogen-bond donors (Lipinski definition) is 6. The van der Waals surface area contributed by atoms with Gasteiger partial charge in [-0.15, -0.1) is 0 Å². The number of aromatic amines is 5. The average Bonchev–Trinajstić information content (AvgIpc) is 1.54. The van der Waals surface area contributed by atoms with E-state index in [1.807, 2.05) is 92.8 Å². The van der Waals surface area contributed by atoms with Gasteiger partial charge in [0.15, 0.2) is 0 Å². The zero-order valence-electron chi connectivity index (χ0n) is 65.1. The number of benzene rings is 5. The van der Waals surface area contributed by atoms with Gasteiger partial charge in [-0.2, -0.15) is 63.9 Å². The summed E-state index contributed by atoms with van der Waals surface area (Å²) < 4.78 is 116. The van der Waals surface area contributed by atoms with E-state index < -0.39 is 46.0 Å². The lowest BCUT2D eigenvalue weighted by Crippen LogP contribution is -2.60. The molecule has 6 fully saturated rings. The van der Waals surface area contributed by atoms with Gasteiger partial charge in [0.2, 0.25) is 31.8 Å². The maximum Gasteiger partial charge on any atom is 0.281 e. The largest absolute Gasteiger partial charge is 0.445 e. The first-order chi connectivity index (χ1) is 54.4. The molecule has 0 atom stereocenters. The summed E-state index contributed by atoms with van der Waals surface area (Å²) in [5, 5.41) is 43.0. The lowest BCUT2D eigenvalue weighted by atomic mass is 9.87. The average molecular weight is 1700 g/mol. The Labute approximate surface area is 679 Å². The van der Waals surface area contributed by atoms with Crippen molar-refractivity contribution in [2.75, 3.05) is 142 Å². The number of aromatic nitrogens is 11. The Balaban J connectivity index is 0.000000125. The molecule has 0 aliphatic carbocycles. The molecule has 31 nitrogen and oxygen atoms in total. The van der Waals surface area contributed by atoms with E-state index in [2.05, 4.69) is 82.6 Å². The van der Waals surface area contributed by atoms with Crippen molar-refractivity contribution in [2.45, 2.75) is 108 Å². The molecule has 0 spiro atoms. The van der Waals surface area contributed by atoms with Crippen LogP contribution in [0.5, 0.6) is 0 Å². The number of nitrogens with zero attached hydrogens (tertiary/aromatic N) is 14. The molecule has 6 saturated heterocycles. The first-order valence-corrected chi connectivity index (χ1v) is 45.9. The molecular formula is C76H99Cl3N20O11S4. The van der Waals surface area contributed by atoms with Crippen LogP contribution >= 0.6 is 34.8 Å². The first-order valence-electron chi connectivity index (χ1n) is 38.2. The zero-order chi connectivity index (χ0) is 81.0. The molecule has 6 aliphatic heterocycles. The van der Waals surface area contributed by atoms with E-state index in [1.165, 1.54) is 39.3 Å². The summed E-state index contributed by atoms with van der Waals surface area (Å²) in [6.45, 7) is 15.3. The van der Waals surface area contributed by atoms with Crippen LogP contribution in [0.3, 0.4) is 0 Å². The maximum atomic E-state index is 12.2. The quantitative estimate of drug-likeness (QED) is 0.0589. The number of sulfonamides is 2. The summed E-state index contributed by atoms with van der Waals surface area (Å²) in [6.07, 6.45) is 22.6. The number of H-pyrrole nitrogens is 5. The highest BCUT2D eigenvalue weighted by Gasteiger charge is 2.40. The van der Waals surface area contributed by atoms with E-state index in [0.717, 1.165) is 165 Å². The van der Waals surface area contributed by atoms with Crippen LogP contribution in [0.4, 0.5) is 11.4 Å². The zero-order valence-corrected chi connectivity index (χ0v) is 70.6. The normalized spacial score (nSPS) is 18.7. The number of ether oxygens (including phenoxy) is 1.